The lowest BCUT2D eigenvalue weighted by molar-refractivity contribution is 0.282. The van der Waals surface area contributed by atoms with Gasteiger partial charge in [0.05, 0.1) is 11.6 Å². The van der Waals surface area contributed by atoms with Crippen LogP contribution in [0.4, 0.5) is 0 Å². The minimum atomic E-state index is 0.445. The average molecular weight is 461 g/mol. The molecule has 0 aliphatic heterocycles. The van der Waals surface area contributed by atoms with Crippen molar-refractivity contribution >= 4 is 27.5 Å². The van der Waals surface area contributed by atoms with Gasteiger partial charge < -0.3 is 14.8 Å². The van der Waals surface area contributed by atoms with E-state index in [9.17, 15) is 0 Å². The maximum absolute atomic E-state index is 5.99. The molecule has 3 rings (SSSR count). The largest absolute Gasteiger partial charge is 0.493 e. The van der Waals surface area contributed by atoms with E-state index in [-0.39, 0.29) is 0 Å². The molecule has 0 saturated carbocycles. The molecule has 0 aliphatic carbocycles. The number of nitrogens with one attached hydrogen (secondary N) is 1. The van der Waals surface area contributed by atoms with Crippen molar-refractivity contribution in [3.63, 3.8) is 0 Å². The van der Waals surface area contributed by atoms with Crippen molar-refractivity contribution in [1.29, 1.82) is 0 Å². The zero-order valence-electron chi connectivity index (χ0n) is 15.8. The minimum absolute atomic E-state index is 0.445. The highest BCUT2D eigenvalue weighted by molar-refractivity contribution is 9.10. The molecule has 0 spiro atoms. The third-order valence-electron chi connectivity index (χ3n) is 4.35. The molecule has 3 aromatic rings. The van der Waals surface area contributed by atoms with E-state index in [1.807, 2.05) is 36.4 Å². The van der Waals surface area contributed by atoms with Crippen LogP contribution in [0.3, 0.4) is 0 Å². The number of rotatable bonds is 9. The Kier molecular flexibility index (Phi) is 7.78. The van der Waals surface area contributed by atoms with Gasteiger partial charge in [0, 0.05) is 11.6 Å². The summed E-state index contributed by atoms with van der Waals surface area (Å²) in [6, 6.07) is 22.2. The standard InChI is InChI=1S/C23H23BrClNO2/c1-27-22-14-19(15-26-12-11-17-5-3-2-4-6-17)13-21(24)23(22)28-16-18-7-9-20(25)10-8-18/h2-10,13-14,26H,11-12,15-16H2,1H3. The lowest BCUT2D eigenvalue weighted by Crippen LogP contribution is -2.16. The Morgan fingerprint density at radius 1 is 0.929 bits per heavy atom. The molecule has 1 N–H and O–H groups in total. The first kappa shape index (κ1) is 20.7. The third-order valence-corrected chi connectivity index (χ3v) is 5.19. The molecule has 0 aromatic heterocycles. The van der Waals surface area contributed by atoms with E-state index in [2.05, 4.69) is 51.6 Å². The van der Waals surface area contributed by atoms with Gasteiger partial charge in [-0.1, -0.05) is 54.1 Å². The number of methoxy groups -OCH3 is 1. The summed E-state index contributed by atoms with van der Waals surface area (Å²) < 4.78 is 12.4. The summed E-state index contributed by atoms with van der Waals surface area (Å²) in [6.07, 6.45) is 1.00. The molecule has 0 radical (unpaired) electrons. The van der Waals surface area contributed by atoms with Crippen molar-refractivity contribution in [1.82, 2.24) is 5.32 Å². The SMILES string of the molecule is COc1cc(CNCCc2ccccc2)cc(Br)c1OCc1ccc(Cl)cc1. The second kappa shape index (κ2) is 10.5. The second-order valence-corrected chi connectivity index (χ2v) is 7.73. The molecular weight excluding hydrogens is 438 g/mol. The van der Waals surface area contributed by atoms with Crippen molar-refractivity contribution in [2.24, 2.45) is 0 Å². The van der Waals surface area contributed by atoms with Gasteiger partial charge in [-0.25, -0.2) is 0 Å². The van der Waals surface area contributed by atoms with E-state index in [0.29, 0.717) is 23.1 Å². The number of hydrogen-bond acceptors (Lipinski definition) is 3. The smallest absolute Gasteiger partial charge is 0.175 e. The molecular formula is C23H23BrClNO2. The molecule has 0 amide bonds. The highest BCUT2D eigenvalue weighted by Gasteiger charge is 2.12. The maximum atomic E-state index is 5.99. The van der Waals surface area contributed by atoms with Gasteiger partial charge in [0.25, 0.3) is 0 Å². The molecule has 0 aliphatic rings. The molecule has 0 heterocycles. The van der Waals surface area contributed by atoms with Crippen LogP contribution in [-0.4, -0.2) is 13.7 Å². The zero-order chi connectivity index (χ0) is 19.8. The van der Waals surface area contributed by atoms with Crippen LogP contribution >= 0.6 is 27.5 Å². The summed E-state index contributed by atoms with van der Waals surface area (Å²) >= 11 is 9.55. The molecule has 0 bridgehead atoms. The van der Waals surface area contributed by atoms with Crippen molar-refractivity contribution < 1.29 is 9.47 Å². The average Bonchev–Trinajstić information content (AvgIpc) is 2.72. The first-order valence-electron chi connectivity index (χ1n) is 9.14. The van der Waals surface area contributed by atoms with Crippen LogP contribution in [0.25, 0.3) is 0 Å². The lowest BCUT2D eigenvalue weighted by atomic mass is 10.1. The van der Waals surface area contributed by atoms with Crippen LogP contribution in [-0.2, 0) is 19.6 Å². The maximum Gasteiger partial charge on any atom is 0.175 e. The number of benzene rings is 3. The fourth-order valence-electron chi connectivity index (χ4n) is 2.86. The Bertz CT molecular complexity index is 885. The molecule has 0 fully saturated rings. The van der Waals surface area contributed by atoms with Crippen LogP contribution in [0.5, 0.6) is 11.5 Å². The van der Waals surface area contributed by atoms with Crippen LogP contribution in [0.15, 0.2) is 71.2 Å². The Balaban J connectivity index is 1.58. The number of hydrogen-bond donors (Lipinski definition) is 1. The van der Waals surface area contributed by atoms with E-state index in [1.165, 1.54) is 5.56 Å². The fraction of sp³-hybridized carbons (Fsp3) is 0.217. The topological polar surface area (TPSA) is 30.5 Å². The van der Waals surface area contributed by atoms with Crippen LogP contribution in [0.2, 0.25) is 5.02 Å². The molecule has 3 nitrogen and oxygen atoms in total. The number of halogens is 2. The minimum Gasteiger partial charge on any atom is -0.493 e. The Morgan fingerprint density at radius 3 is 2.39 bits per heavy atom. The quantitative estimate of drug-likeness (QED) is 0.396. The van der Waals surface area contributed by atoms with Crippen molar-refractivity contribution in [2.45, 2.75) is 19.6 Å². The van der Waals surface area contributed by atoms with E-state index in [0.717, 1.165) is 35.1 Å². The molecule has 0 unspecified atom stereocenters. The molecule has 0 atom stereocenters. The molecule has 146 valence electrons. The van der Waals surface area contributed by atoms with Gasteiger partial charge in [0.2, 0.25) is 0 Å². The normalized spacial score (nSPS) is 10.7. The van der Waals surface area contributed by atoms with Crippen LogP contribution in [0, 0.1) is 0 Å². The highest BCUT2D eigenvalue weighted by Crippen LogP contribution is 2.37. The summed E-state index contributed by atoms with van der Waals surface area (Å²) in [5, 5.41) is 4.20. The van der Waals surface area contributed by atoms with Crippen molar-refractivity contribution in [2.75, 3.05) is 13.7 Å². The van der Waals surface area contributed by atoms with Crippen molar-refractivity contribution in [3.8, 4) is 11.5 Å². The second-order valence-electron chi connectivity index (χ2n) is 6.44. The van der Waals surface area contributed by atoms with Gasteiger partial charge in [0.1, 0.15) is 6.61 Å². The lowest BCUT2D eigenvalue weighted by Gasteiger charge is -2.15. The third kappa shape index (κ3) is 5.99. The fourth-order valence-corrected chi connectivity index (χ4v) is 3.59. The molecule has 28 heavy (non-hydrogen) atoms. The molecule has 0 saturated heterocycles. The van der Waals surface area contributed by atoms with E-state index in [4.69, 9.17) is 21.1 Å². The van der Waals surface area contributed by atoms with Gasteiger partial charge in [0.15, 0.2) is 11.5 Å². The number of ether oxygens (including phenoxy) is 2. The molecule has 3 aromatic carbocycles. The zero-order valence-corrected chi connectivity index (χ0v) is 18.1. The highest BCUT2D eigenvalue weighted by atomic mass is 79.9. The monoisotopic (exact) mass is 459 g/mol. The summed E-state index contributed by atoms with van der Waals surface area (Å²) in [6.45, 7) is 2.12. The summed E-state index contributed by atoms with van der Waals surface area (Å²) in [5.41, 5.74) is 3.51. The molecule has 5 heteroatoms. The van der Waals surface area contributed by atoms with Crippen LogP contribution in [0.1, 0.15) is 16.7 Å². The van der Waals surface area contributed by atoms with Gasteiger partial charge >= 0.3 is 0 Å². The summed E-state index contributed by atoms with van der Waals surface area (Å²) in [5.74, 6) is 1.41. The van der Waals surface area contributed by atoms with E-state index < -0.39 is 0 Å². The Labute approximate surface area is 179 Å². The predicted molar refractivity (Wildman–Crippen MR) is 118 cm³/mol. The predicted octanol–water partition coefficient (Wildman–Crippen LogP) is 6.02. The summed E-state index contributed by atoms with van der Waals surface area (Å²) in [4.78, 5) is 0. The Morgan fingerprint density at radius 2 is 1.68 bits per heavy atom. The van der Waals surface area contributed by atoms with Gasteiger partial charge in [-0.05, 0) is 69.9 Å². The first-order chi connectivity index (χ1) is 13.7. The van der Waals surface area contributed by atoms with Gasteiger partial charge in [-0.3, -0.25) is 0 Å². The Hall–Kier alpha value is -2.01. The van der Waals surface area contributed by atoms with Crippen LogP contribution < -0.4 is 14.8 Å². The van der Waals surface area contributed by atoms with Gasteiger partial charge in [-0.15, -0.1) is 0 Å². The first-order valence-corrected chi connectivity index (χ1v) is 10.3. The van der Waals surface area contributed by atoms with Crippen molar-refractivity contribution in [3.05, 3.63) is 92.9 Å². The van der Waals surface area contributed by atoms with E-state index in [1.54, 1.807) is 7.11 Å². The summed E-state index contributed by atoms with van der Waals surface area (Å²) in [7, 11) is 1.66. The van der Waals surface area contributed by atoms with E-state index >= 15 is 0 Å². The van der Waals surface area contributed by atoms with Gasteiger partial charge in [-0.2, -0.15) is 0 Å².